The first kappa shape index (κ1) is 12.6. The third-order valence-electron chi connectivity index (χ3n) is 2.37. The van der Waals surface area contributed by atoms with E-state index in [1.54, 1.807) is 30.3 Å². The third-order valence-corrected chi connectivity index (χ3v) is 2.97. The van der Waals surface area contributed by atoms with Crippen molar-refractivity contribution >= 4 is 40.3 Å². The summed E-state index contributed by atoms with van der Waals surface area (Å²) in [5, 5.41) is 12.9. The molecule has 3 nitrogen and oxygen atoms in total. The van der Waals surface area contributed by atoms with Crippen LogP contribution in [0, 0.1) is 11.3 Å². The van der Waals surface area contributed by atoms with E-state index >= 15 is 0 Å². The first-order valence-corrected chi connectivity index (χ1v) is 5.88. The average molecular weight is 278 g/mol. The number of anilines is 3. The molecule has 18 heavy (non-hydrogen) atoms. The molecule has 0 aliphatic heterocycles. The monoisotopic (exact) mass is 277 g/mol. The maximum Gasteiger partial charge on any atom is 0.101 e. The molecule has 0 bridgehead atoms. The summed E-state index contributed by atoms with van der Waals surface area (Å²) < 4.78 is 0. The van der Waals surface area contributed by atoms with Gasteiger partial charge in [-0.1, -0.05) is 35.3 Å². The van der Waals surface area contributed by atoms with Crippen LogP contribution in [0.15, 0.2) is 36.4 Å². The molecular formula is C13H9Cl2N3. The smallest absolute Gasteiger partial charge is 0.101 e. The number of nitrogen functional groups attached to an aromatic ring is 1. The van der Waals surface area contributed by atoms with Gasteiger partial charge < -0.3 is 11.1 Å². The summed E-state index contributed by atoms with van der Waals surface area (Å²) in [4.78, 5) is 0. The molecule has 0 amide bonds. The Morgan fingerprint density at radius 3 is 2.33 bits per heavy atom. The van der Waals surface area contributed by atoms with Crippen molar-refractivity contribution in [1.82, 2.24) is 0 Å². The number of nitrogens with two attached hydrogens (primary N) is 1. The summed E-state index contributed by atoms with van der Waals surface area (Å²) in [6.45, 7) is 0. The van der Waals surface area contributed by atoms with Crippen molar-refractivity contribution in [2.75, 3.05) is 11.1 Å². The van der Waals surface area contributed by atoms with Crippen LogP contribution in [0.5, 0.6) is 0 Å². The molecule has 90 valence electrons. The predicted molar refractivity (Wildman–Crippen MR) is 75.3 cm³/mol. The first-order chi connectivity index (χ1) is 8.61. The Kier molecular flexibility index (Phi) is 3.61. The Bertz CT molecular complexity index is 609. The van der Waals surface area contributed by atoms with Gasteiger partial charge in [0.1, 0.15) is 6.07 Å². The van der Waals surface area contributed by atoms with Gasteiger partial charge in [0, 0.05) is 5.69 Å². The molecule has 0 spiro atoms. The number of hydrogen-bond donors (Lipinski definition) is 2. The van der Waals surface area contributed by atoms with Gasteiger partial charge in [0.25, 0.3) is 0 Å². The molecule has 0 fully saturated rings. The lowest BCUT2D eigenvalue weighted by Crippen LogP contribution is -1.96. The second kappa shape index (κ2) is 5.18. The zero-order valence-corrected chi connectivity index (χ0v) is 10.8. The minimum atomic E-state index is 0.410. The van der Waals surface area contributed by atoms with Gasteiger partial charge in [-0.05, 0) is 24.3 Å². The Labute approximate surface area is 115 Å². The van der Waals surface area contributed by atoms with E-state index in [1.807, 2.05) is 6.07 Å². The van der Waals surface area contributed by atoms with E-state index in [2.05, 4.69) is 11.4 Å². The Morgan fingerprint density at radius 2 is 1.72 bits per heavy atom. The molecule has 0 atom stereocenters. The fraction of sp³-hybridized carbons (Fsp3) is 0. The highest BCUT2D eigenvalue weighted by molar-refractivity contribution is 6.39. The molecule has 2 aromatic carbocycles. The van der Waals surface area contributed by atoms with Crippen molar-refractivity contribution < 1.29 is 0 Å². The minimum Gasteiger partial charge on any atom is -0.399 e. The topological polar surface area (TPSA) is 61.8 Å². The van der Waals surface area contributed by atoms with Crippen LogP contribution in [-0.2, 0) is 0 Å². The standard InChI is InChI=1S/C13H9Cl2N3/c14-10-5-9(17)6-11(15)13(10)18-12-4-2-1-3-8(12)7-16/h1-6,18H,17H2. The summed E-state index contributed by atoms with van der Waals surface area (Å²) in [6, 6.07) is 12.4. The van der Waals surface area contributed by atoms with Crippen LogP contribution in [0.1, 0.15) is 5.56 Å². The quantitative estimate of drug-likeness (QED) is 0.809. The molecule has 0 saturated heterocycles. The fourth-order valence-corrected chi connectivity index (χ4v) is 2.13. The normalized spacial score (nSPS) is 9.83. The molecule has 0 saturated carbocycles. The van der Waals surface area contributed by atoms with Crippen molar-refractivity contribution in [3.05, 3.63) is 52.0 Å². The zero-order valence-electron chi connectivity index (χ0n) is 9.24. The highest BCUT2D eigenvalue weighted by Crippen LogP contribution is 2.35. The second-order valence-corrected chi connectivity index (χ2v) is 4.46. The van der Waals surface area contributed by atoms with E-state index in [0.29, 0.717) is 32.7 Å². The van der Waals surface area contributed by atoms with Crippen LogP contribution in [0.3, 0.4) is 0 Å². The highest BCUT2D eigenvalue weighted by Gasteiger charge is 2.09. The van der Waals surface area contributed by atoms with Crippen molar-refractivity contribution in [3.63, 3.8) is 0 Å². The van der Waals surface area contributed by atoms with Crippen molar-refractivity contribution in [2.24, 2.45) is 0 Å². The summed E-state index contributed by atoms with van der Waals surface area (Å²) in [6.07, 6.45) is 0. The van der Waals surface area contributed by atoms with Crippen LogP contribution in [-0.4, -0.2) is 0 Å². The molecule has 0 radical (unpaired) electrons. The van der Waals surface area contributed by atoms with Crippen LogP contribution in [0.4, 0.5) is 17.1 Å². The third kappa shape index (κ3) is 2.51. The van der Waals surface area contributed by atoms with E-state index in [9.17, 15) is 0 Å². The number of nitrogens with zero attached hydrogens (tertiary/aromatic N) is 1. The first-order valence-electron chi connectivity index (χ1n) is 5.12. The van der Waals surface area contributed by atoms with Gasteiger partial charge in [-0.3, -0.25) is 0 Å². The molecule has 0 unspecified atom stereocenters. The van der Waals surface area contributed by atoms with Crippen molar-refractivity contribution in [1.29, 1.82) is 5.26 Å². The number of benzene rings is 2. The predicted octanol–water partition coefficient (Wildman–Crippen LogP) is 4.19. The van der Waals surface area contributed by atoms with E-state index in [1.165, 1.54) is 0 Å². The van der Waals surface area contributed by atoms with Gasteiger partial charge in [0.05, 0.1) is 27.0 Å². The number of hydrogen-bond acceptors (Lipinski definition) is 3. The number of rotatable bonds is 2. The Balaban J connectivity index is 2.44. The lowest BCUT2D eigenvalue weighted by Gasteiger charge is -2.12. The number of nitrogens with one attached hydrogen (secondary N) is 1. The summed E-state index contributed by atoms with van der Waals surface area (Å²) in [7, 11) is 0. The zero-order chi connectivity index (χ0) is 13.1. The SMILES string of the molecule is N#Cc1ccccc1Nc1c(Cl)cc(N)cc1Cl. The second-order valence-electron chi connectivity index (χ2n) is 3.64. The Morgan fingerprint density at radius 1 is 1.11 bits per heavy atom. The fourth-order valence-electron chi connectivity index (χ4n) is 1.54. The van der Waals surface area contributed by atoms with Gasteiger partial charge in [0.15, 0.2) is 0 Å². The maximum absolute atomic E-state index is 9.00. The van der Waals surface area contributed by atoms with Crippen LogP contribution >= 0.6 is 23.2 Å². The minimum absolute atomic E-state index is 0.410. The van der Waals surface area contributed by atoms with E-state index in [-0.39, 0.29) is 0 Å². The van der Waals surface area contributed by atoms with Crippen molar-refractivity contribution in [3.8, 4) is 6.07 Å². The lowest BCUT2D eigenvalue weighted by atomic mass is 10.2. The lowest BCUT2D eigenvalue weighted by molar-refractivity contribution is 1.46. The molecule has 0 heterocycles. The molecule has 3 N–H and O–H groups in total. The van der Waals surface area contributed by atoms with E-state index < -0.39 is 0 Å². The van der Waals surface area contributed by atoms with Crippen LogP contribution < -0.4 is 11.1 Å². The number of para-hydroxylation sites is 1. The molecular weight excluding hydrogens is 269 g/mol. The Hall–Kier alpha value is -1.89. The van der Waals surface area contributed by atoms with Crippen LogP contribution in [0.25, 0.3) is 0 Å². The maximum atomic E-state index is 9.00. The van der Waals surface area contributed by atoms with Gasteiger partial charge in [-0.25, -0.2) is 0 Å². The average Bonchev–Trinajstić information content (AvgIpc) is 2.34. The van der Waals surface area contributed by atoms with Gasteiger partial charge in [-0.2, -0.15) is 5.26 Å². The summed E-state index contributed by atoms with van der Waals surface area (Å²) in [5.41, 5.74) is 7.82. The highest BCUT2D eigenvalue weighted by atomic mass is 35.5. The van der Waals surface area contributed by atoms with Gasteiger partial charge >= 0.3 is 0 Å². The number of halogens is 2. The molecule has 0 aliphatic rings. The van der Waals surface area contributed by atoms with Crippen molar-refractivity contribution in [2.45, 2.75) is 0 Å². The van der Waals surface area contributed by atoms with Gasteiger partial charge in [-0.15, -0.1) is 0 Å². The molecule has 2 rings (SSSR count). The number of nitriles is 1. The molecule has 0 aliphatic carbocycles. The van der Waals surface area contributed by atoms with E-state index in [4.69, 9.17) is 34.2 Å². The molecule has 0 aromatic heterocycles. The largest absolute Gasteiger partial charge is 0.399 e. The summed E-state index contributed by atoms with van der Waals surface area (Å²) in [5.74, 6) is 0. The van der Waals surface area contributed by atoms with Gasteiger partial charge in [0.2, 0.25) is 0 Å². The van der Waals surface area contributed by atoms with Crippen LogP contribution in [0.2, 0.25) is 10.0 Å². The summed E-state index contributed by atoms with van der Waals surface area (Å²) >= 11 is 12.1. The molecule has 2 aromatic rings. The molecule has 5 heteroatoms. The van der Waals surface area contributed by atoms with E-state index in [0.717, 1.165) is 0 Å².